The van der Waals surface area contributed by atoms with E-state index in [0.29, 0.717) is 24.1 Å². The van der Waals surface area contributed by atoms with Gasteiger partial charge in [-0.2, -0.15) is 13.2 Å². The molecule has 0 amide bonds. The lowest BCUT2D eigenvalue weighted by molar-refractivity contribution is -0.140. The van der Waals surface area contributed by atoms with Crippen LogP contribution in [0.2, 0.25) is 0 Å². The number of alkyl halides is 3. The quantitative estimate of drug-likeness (QED) is 0.401. The van der Waals surface area contributed by atoms with Gasteiger partial charge >= 0.3 is 6.18 Å². The van der Waals surface area contributed by atoms with Crippen LogP contribution in [-0.2, 0) is 19.1 Å². The zero-order valence-electron chi connectivity index (χ0n) is 15.3. The molecule has 0 aliphatic heterocycles. The van der Waals surface area contributed by atoms with E-state index in [1.807, 2.05) is 31.2 Å². The molecule has 0 fully saturated rings. The Morgan fingerprint density at radius 3 is 2.78 bits per heavy atom. The molecule has 27 heavy (non-hydrogen) atoms. The number of aryl methyl sites for hydroxylation is 1. The molecule has 1 aromatic carbocycles. The number of nitrogens with zero attached hydrogens (tertiary/aromatic N) is 2. The maximum Gasteiger partial charge on any atom is 0.434 e. The van der Waals surface area contributed by atoms with E-state index in [1.54, 1.807) is 7.11 Å². The fraction of sp³-hybridized carbons (Fsp3) is 0.444. The van der Waals surface area contributed by atoms with Crippen LogP contribution in [0.15, 0.2) is 34.6 Å². The molecule has 0 aliphatic carbocycles. The zero-order chi connectivity index (χ0) is 19.7. The van der Waals surface area contributed by atoms with Crippen molar-refractivity contribution in [2.24, 2.45) is 4.99 Å². The van der Waals surface area contributed by atoms with Crippen molar-refractivity contribution < 1.29 is 17.9 Å². The number of benzene rings is 1. The van der Waals surface area contributed by atoms with Crippen molar-refractivity contribution in [3.63, 3.8) is 0 Å². The minimum absolute atomic E-state index is 0.103. The van der Waals surface area contributed by atoms with Gasteiger partial charge in [0, 0.05) is 18.5 Å². The van der Waals surface area contributed by atoms with E-state index < -0.39 is 11.9 Å². The summed E-state index contributed by atoms with van der Waals surface area (Å²) in [5.74, 6) is 1.39. The number of halogens is 3. The molecule has 9 heteroatoms. The third kappa shape index (κ3) is 7.09. The summed E-state index contributed by atoms with van der Waals surface area (Å²) in [6.07, 6.45) is -2.65. The highest BCUT2D eigenvalue weighted by Gasteiger charge is 2.33. The predicted octanol–water partition coefficient (Wildman–Crippen LogP) is 3.86. The van der Waals surface area contributed by atoms with Crippen LogP contribution in [0.25, 0.3) is 0 Å². The molecule has 0 aliphatic rings. The van der Waals surface area contributed by atoms with E-state index >= 15 is 0 Å². The zero-order valence-corrected chi connectivity index (χ0v) is 16.1. The highest BCUT2D eigenvalue weighted by molar-refractivity contribution is 7.09. The number of nitrogens with one attached hydrogen (secondary N) is 2. The molecule has 0 unspecified atom stereocenters. The molecule has 0 saturated heterocycles. The number of thiazole rings is 1. The van der Waals surface area contributed by atoms with Crippen LogP contribution >= 0.6 is 11.3 Å². The first kappa shape index (κ1) is 21.0. The molecular formula is C18H23F3N4OS. The second-order valence-electron chi connectivity index (χ2n) is 5.70. The van der Waals surface area contributed by atoms with Gasteiger partial charge in [-0.15, -0.1) is 11.3 Å². The molecule has 1 heterocycles. The standard InChI is InChI=1S/C18H23F3N4OS/c1-3-22-17(24-11-16-25-15(12-27-16)18(19,20)21)23-9-5-7-13-6-4-8-14(10-13)26-2/h4,6,8,10,12H,3,5,7,9,11H2,1-2H3,(H2,22,23,24). The number of guanidine groups is 1. The first-order valence-corrected chi connectivity index (χ1v) is 9.47. The van der Waals surface area contributed by atoms with Gasteiger partial charge in [-0.05, 0) is 37.5 Å². The Kier molecular flexibility index (Phi) is 7.90. The summed E-state index contributed by atoms with van der Waals surface area (Å²) in [7, 11) is 1.64. The molecule has 0 saturated carbocycles. The number of ether oxygens (including phenoxy) is 1. The number of methoxy groups -OCH3 is 1. The molecule has 2 N–H and O–H groups in total. The summed E-state index contributed by atoms with van der Waals surface area (Å²) in [6, 6.07) is 7.90. The summed E-state index contributed by atoms with van der Waals surface area (Å²) in [5, 5.41) is 7.61. The largest absolute Gasteiger partial charge is 0.497 e. The van der Waals surface area contributed by atoms with Gasteiger partial charge in [0.25, 0.3) is 0 Å². The van der Waals surface area contributed by atoms with Crippen molar-refractivity contribution in [3.8, 4) is 5.75 Å². The van der Waals surface area contributed by atoms with Gasteiger partial charge in [0.15, 0.2) is 11.7 Å². The smallest absolute Gasteiger partial charge is 0.434 e. The molecule has 148 valence electrons. The molecule has 0 bridgehead atoms. The van der Waals surface area contributed by atoms with Gasteiger partial charge in [0.1, 0.15) is 10.8 Å². The summed E-state index contributed by atoms with van der Waals surface area (Å²) < 4.78 is 43.0. The van der Waals surface area contributed by atoms with Gasteiger partial charge in [-0.25, -0.2) is 9.98 Å². The van der Waals surface area contributed by atoms with Crippen LogP contribution in [0.4, 0.5) is 13.2 Å². The van der Waals surface area contributed by atoms with Crippen molar-refractivity contribution in [2.45, 2.75) is 32.5 Å². The van der Waals surface area contributed by atoms with Crippen molar-refractivity contribution in [1.29, 1.82) is 0 Å². The lowest BCUT2D eigenvalue weighted by atomic mass is 10.1. The van der Waals surface area contributed by atoms with Crippen LogP contribution in [-0.4, -0.2) is 31.1 Å². The first-order valence-electron chi connectivity index (χ1n) is 8.59. The monoisotopic (exact) mass is 400 g/mol. The SMILES string of the molecule is CCNC(=NCc1nc(C(F)(F)F)cs1)NCCCc1cccc(OC)c1. The Morgan fingerprint density at radius 1 is 1.30 bits per heavy atom. The second kappa shape index (κ2) is 10.1. The number of aliphatic imine (C=N–C) groups is 1. The predicted molar refractivity (Wildman–Crippen MR) is 101 cm³/mol. The third-order valence-corrected chi connectivity index (χ3v) is 4.46. The Labute approximate surface area is 160 Å². The molecule has 1 aromatic heterocycles. The van der Waals surface area contributed by atoms with Gasteiger partial charge < -0.3 is 15.4 Å². The highest BCUT2D eigenvalue weighted by atomic mass is 32.1. The number of aromatic nitrogens is 1. The lowest BCUT2D eigenvalue weighted by Crippen LogP contribution is -2.37. The third-order valence-electron chi connectivity index (χ3n) is 3.63. The molecule has 2 aromatic rings. The van der Waals surface area contributed by atoms with Crippen molar-refractivity contribution in [1.82, 2.24) is 15.6 Å². The molecule has 0 radical (unpaired) electrons. The fourth-order valence-electron chi connectivity index (χ4n) is 2.33. The van der Waals surface area contributed by atoms with Gasteiger partial charge in [0.05, 0.1) is 13.7 Å². The Hall–Kier alpha value is -2.29. The summed E-state index contributed by atoms with van der Waals surface area (Å²) >= 11 is 0.960. The van der Waals surface area contributed by atoms with Gasteiger partial charge in [-0.3, -0.25) is 0 Å². The van der Waals surface area contributed by atoms with E-state index in [4.69, 9.17) is 4.74 Å². The maximum atomic E-state index is 12.6. The lowest BCUT2D eigenvalue weighted by Gasteiger charge is -2.11. The normalized spacial score (nSPS) is 12.1. The second-order valence-corrected chi connectivity index (χ2v) is 6.64. The van der Waals surface area contributed by atoms with Gasteiger partial charge in [0.2, 0.25) is 0 Å². The molecule has 5 nitrogen and oxygen atoms in total. The number of hydrogen-bond acceptors (Lipinski definition) is 4. The van der Waals surface area contributed by atoms with E-state index in [-0.39, 0.29) is 6.54 Å². The molecule has 2 rings (SSSR count). The fourth-order valence-corrected chi connectivity index (χ4v) is 3.05. The molecule has 0 atom stereocenters. The summed E-state index contributed by atoms with van der Waals surface area (Å²) in [4.78, 5) is 7.89. The van der Waals surface area contributed by atoms with E-state index in [0.717, 1.165) is 35.3 Å². The van der Waals surface area contributed by atoms with Crippen LogP contribution < -0.4 is 15.4 Å². The van der Waals surface area contributed by atoms with Crippen LogP contribution in [0, 0.1) is 0 Å². The number of hydrogen-bond donors (Lipinski definition) is 2. The van der Waals surface area contributed by atoms with E-state index in [9.17, 15) is 13.2 Å². The topological polar surface area (TPSA) is 58.5 Å². The van der Waals surface area contributed by atoms with Gasteiger partial charge in [-0.1, -0.05) is 12.1 Å². The maximum absolute atomic E-state index is 12.6. The average molecular weight is 400 g/mol. The molecule has 0 spiro atoms. The Morgan fingerprint density at radius 2 is 2.11 bits per heavy atom. The van der Waals surface area contributed by atoms with E-state index in [2.05, 4.69) is 20.6 Å². The first-order chi connectivity index (χ1) is 12.9. The minimum Gasteiger partial charge on any atom is -0.497 e. The number of rotatable bonds is 8. The van der Waals surface area contributed by atoms with Crippen LogP contribution in [0.5, 0.6) is 5.75 Å². The Balaban J connectivity index is 1.83. The van der Waals surface area contributed by atoms with Crippen LogP contribution in [0.1, 0.15) is 29.6 Å². The summed E-state index contributed by atoms with van der Waals surface area (Å²) in [6.45, 7) is 3.38. The minimum atomic E-state index is -4.42. The molecular weight excluding hydrogens is 377 g/mol. The van der Waals surface area contributed by atoms with Crippen molar-refractivity contribution >= 4 is 17.3 Å². The van der Waals surface area contributed by atoms with Crippen molar-refractivity contribution in [2.75, 3.05) is 20.2 Å². The van der Waals surface area contributed by atoms with Crippen molar-refractivity contribution in [3.05, 3.63) is 45.9 Å². The summed E-state index contributed by atoms with van der Waals surface area (Å²) in [5.41, 5.74) is 0.314. The average Bonchev–Trinajstić information content (AvgIpc) is 3.13. The highest BCUT2D eigenvalue weighted by Crippen LogP contribution is 2.30. The van der Waals surface area contributed by atoms with E-state index in [1.165, 1.54) is 5.56 Å². The Bertz CT molecular complexity index is 746. The van der Waals surface area contributed by atoms with Crippen LogP contribution in [0.3, 0.4) is 0 Å².